The first-order chi connectivity index (χ1) is 8.46. The first-order valence-corrected chi connectivity index (χ1v) is 7.71. The lowest BCUT2D eigenvalue weighted by atomic mass is 10.2. The molecule has 3 aliphatic rings. The Bertz CT molecular complexity index is 535. The molecule has 1 aliphatic carbocycles. The predicted octanol–water partition coefficient (Wildman–Crippen LogP) is -0.823. The van der Waals surface area contributed by atoms with Crippen LogP contribution in [0.15, 0.2) is 11.5 Å². The van der Waals surface area contributed by atoms with Crippen LogP contribution in [-0.4, -0.2) is 49.0 Å². The number of sulfone groups is 1. The number of nitrogens with zero attached hydrogens (tertiary/aromatic N) is 1. The van der Waals surface area contributed by atoms with Gasteiger partial charge in [-0.1, -0.05) is 6.08 Å². The van der Waals surface area contributed by atoms with Gasteiger partial charge in [0.15, 0.2) is 9.84 Å². The van der Waals surface area contributed by atoms with Gasteiger partial charge in [-0.3, -0.25) is 19.8 Å². The SMILES string of the molecule is O=C1CC(NC2C=CS(=O)(=O)C2)C(=O)N1C1CC1. The van der Waals surface area contributed by atoms with E-state index in [1.54, 1.807) is 0 Å². The monoisotopic (exact) mass is 270 g/mol. The second kappa shape index (κ2) is 3.89. The molecular formula is C11H14N2O4S. The fraction of sp³-hybridized carbons (Fsp3) is 0.636. The van der Waals surface area contributed by atoms with Gasteiger partial charge in [-0.05, 0) is 12.8 Å². The van der Waals surface area contributed by atoms with Crippen molar-refractivity contribution in [3.8, 4) is 0 Å². The van der Waals surface area contributed by atoms with Crippen molar-refractivity contribution in [3.63, 3.8) is 0 Å². The van der Waals surface area contributed by atoms with Crippen LogP contribution in [0.4, 0.5) is 0 Å². The van der Waals surface area contributed by atoms with E-state index in [2.05, 4.69) is 5.32 Å². The van der Waals surface area contributed by atoms with Crippen molar-refractivity contribution in [2.24, 2.45) is 0 Å². The Labute approximate surface area is 105 Å². The molecule has 3 rings (SSSR count). The molecule has 7 heteroatoms. The number of rotatable bonds is 3. The minimum Gasteiger partial charge on any atom is -0.298 e. The van der Waals surface area contributed by atoms with E-state index in [4.69, 9.17) is 0 Å². The molecule has 6 nitrogen and oxygen atoms in total. The number of likely N-dealkylation sites (tertiary alicyclic amines) is 1. The third-order valence-electron chi connectivity index (χ3n) is 3.44. The van der Waals surface area contributed by atoms with E-state index in [-0.39, 0.29) is 36.1 Å². The summed E-state index contributed by atoms with van der Waals surface area (Å²) < 4.78 is 22.5. The summed E-state index contributed by atoms with van der Waals surface area (Å²) in [6.07, 6.45) is 3.45. The fourth-order valence-corrected chi connectivity index (χ4v) is 3.68. The highest BCUT2D eigenvalue weighted by Gasteiger charge is 2.46. The predicted molar refractivity (Wildman–Crippen MR) is 63.1 cm³/mol. The van der Waals surface area contributed by atoms with Crippen LogP contribution in [0.3, 0.4) is 0 Å². The molecule has 2 fully saturated rings. The fourth-order valence-electron chi connectivity index (χ4n) is 2.44. The van der Waals surface area contributed by atoms with Gasteiger partial charge in [-0.2, -0.15) is 0 Å². The van der Waals surface area contributed by atoms with Gasteiger partial charge in [-0.15, -0.1) is 0 Å². The molecule has 0 spiro atoms. The average Bonchev–Trinajstić information content (AvgIpc) is 2.98. The molecule has 0 radical (unpaired) electrons. The molecule has 2 unspecified atom stereocenters. The highest BCUT2D eigenvalue weighted by molar-refractivity contribution is 7.94. The number of hydrogen-bond donors (Lipinski definition) is 1. The second-order valence-electron chi connectivity index (χ2n) is 5.02. The van der Waals surface area contributed by atoms with Crippen LogP contribution < -0.4 is 5.32 Å². The number of amides is 2. The summed E-state index contributed by atoms with van der Waals surface area (Å²) in [5.74, 6) is -0.390. The summed E-state index contributed by atoms with van der Waals surface area (Å²) >= 11 is 0. The Balaban J connectivity index is 1.66. The molecule has 1 N–H and O–H groups in total. The van der Waals surface area contributed by atoms with E-state index >= 15 is 0 Å². The summed E-state index contributed by atoms with van der Waals surface area (Å²) in [5, 5.41) is 4.11. The molecular weight excluding hydrogens is 256 g/mol. The van der Waals surface area contributed by atoms with Crippen LogP contribution in [0.1, 0.15) is 19.3 Å². The van der Waals surface area contributed by atoms with Crippen LogP contribution in [0, 0.1) is 0 Å². The van der Waals surface area contributed by atoms with Crippen LogP contribution in [0.2, 0.25) is 0 Å². The van der Waals surface area contributed by atoms with Crippen LogP contribution in [-0.2, 0) is 19.4 Å². The molecule has 2 aliphatic heterocycles. The quantitative estimate of drug-likeness (QED) is 0.677. The van der Waals surface area contributed by atoms with Gasteiger partial charge in [0.1, 0.15) is 0 Å². The van der Waals surface area contributed by atoms with E-state index < -0.39 is 15.9 Å². The summed E-state index contributed by atoms with van der Waals surface area (Å²) in [5.41, 5.74) is 0. The molecule has 0 aromatic rings. The lowest BCUT2D eigenvalue weighted by Crippen LogP contribution is -2.44. The number of hydrogen-bond acceptors (Lipinski definition) is 5. The van der Waals surface area contributed by atoms with Crippen LogP contribution in [0.5, 0.6) is 0 Å². The normalized spacial score (nSPS) is 34.6. The Morgan fingerprint density at radius 1 is 1.28 bits per heavy atom. The van der Waals surface area contributed by atoms with Crippen molar-refractivity contribution in [2.75, 3.05) is 5.75 Å². The van der Waals surface area contributed by atoms with Crippen molar-refractivity contribution in [2.45, 2.75) is 37.4 Å². The number of nitrogens with one attached hydrogen (secondary N) is 1. The zero-order valence-corrected chi connectivity index (χ0v) is 10.5. The van der Waals surface area contributed by atoms with Crippen molar-refractivity contribution < 1.29 is 18.0 Å². The molecule has 1 saturated heterocycles. The largest absolute Gasteiger partial charge is 0.298 e. The Morgan fingerprint density at radius 2 is 2.00 bits per heavy atom. The third kappa shape index (κ3) is 2.08. The van der Waals surface area contributed by atoms with Crippen molar-refractivity contribution in [1.82, 2.24) is 10.2 Å². The minimum atomic E-state index is -3.14. The maximum atomic E-state index is 12.0. The van der Waals surface area contributed by atoms with E-state index in [0.717, 1.165) is 18.2 Å². The first-order valence-electron chi connectivity index (χ1n) is 5.99. The molecule has 2 amide bonds. The van der Waals surface area contributed by atoms with Crippen LogP contribution in [0.25, 0.3) is 0 Å². The summed E-state index contributed by atoms with van der Waals surface area (Å²) in [4.78, 5) is 25.1. The first kappa shape index (κ1) is 11.9. The highest BCUT2D eigenvalue weighted by Crippen LogP contribution is 2.31. The molecule has 1 saturated carbocycles. The molecule has 0 aromatic carbocycles. The lowest BCUT2D eigenvalue weighted by Gasteiger charge is -2.16. The summed E-state index contributed by atoms with van der Waals surface area (Å²) in [6.45, 7) is 0. The third-order valence-corrected chi connectivity index (χ3v) is 4.84. The Kier molecular flexibility index (Phi) is 2.56. The maximum Gasteiger partial charge on any atom is 0.247 e. The molecule has 0 bridgehead atoms. The van der Waals surface area contributed by atoms with E-state index in [1.807, 2.05) is 0 Å². The Hall–Kier alpha value is -1.21. The van der Waals surface area contributed by atoms with Gasteiger partial charge in [0.25, 0.3) is 0 Å². The summed E-state index contributed by atoms with van der Waals surface area (Å²) in [7, 11) is -3.14. The van der Waals surface area contributed by atoms with E-state index in [0.29, 0.717) is 0 Å². The van der Waals surface area contributed by atoms with Gasteiger partial charge in [0.2, 0.25) is 11.8 Å². The van der Waals surface area contributed by atoms with Gasteiger partial charge in [-0.25, -0.2) is 8.42 Å². The summed E-state index contributed by atoms with van der Waals surface area (Å²) in [6, 6.07) is -0.850. The molecule has 98 valence electrons. The van der Waals surface area contributed by atoms with Gasteiger partial charge in [0.05, 0.1) is 18.2 Å². The van der Waals surface area contributed by atoms with Gasteiger partial charge in [0, 0.05) is 17.5 Å². The van der Waals surface area contributed by atoms with Crippen molar-refractivity contribution >= 4 is 21.7 Å². The standard InChI is InChI=1S/C11H14N2O4S/c14-10-5-9(11(15)13(10)8-1-2-8)12-7-3-4-18(16,17)6-7/h3-4,7-9,12H,1-2,5-6H2. The van der Waals surface area contributed by atoms with Gasteiger partial charge < -0.3 is 0 Å². The van der Waals surface area contributed by atoms with E-state index in [9.17, 15) is 18.0 Å². The molecule has 2 heterocycles. The Morgan fingerprint density at radius 3 is 2.56 bits per heavy atom. The molecule has 2 atom stereocenters. The lowest BCUT2D eigenvalue weighted by molar-refractivity contribution is -0.139. The zero-order chi connectivity index (χ0) is 12.9. The highest BCUT2D eigenvalue weighted by atomic mass is 32.2. The van der Waals surface area contributed by atoms with Gasteiger partial charge >= 0.3 is 0 Å². The zero-order valence-electron chi connectivity index (χ0n) is 9.70. The average molecular weight is 270 g/mol. The van der Waals surface area contributed by atoms with E-state index in [1.165, 1.54) is 11.0 Å². The number of carbonyl (C=O) groups is 2. The molecule has 18 heavy (non-hydrogen) atoms. The molecule has 0 aromatic heterocycles. The van der Waals surface area contributed by atoms with Crippen LogP contribution >= 0.6 is 0 Å². The number of carbonyl (C=O) groups excluding carboxylic acids is 2. The smallest absolute Gasteiger partial charge is 0.247 e. The maximum absolute atomic E-state index is 12.0. The number of imide groups is 1. The second-order valence-corrected chi connectivity index (χ2v) is 6.95. The van der Waals surface area contributed by atoms with Crippen molar-refractivity contribution in [3.05, 3.63) is 11.5 Å². The minimum absolute atomic E-state index is 0.0333. The topological polar surface area (TPSA) is 83.5 Å². The van der Waals surface area contributed by atoms with Crippen molar-refractivity contribution in [1.29, 1.82) is 0 Å².